The van der Waals surface area contributed by atoms with E-state index in [9.17, 15) is 48.6 Å². The minimum absolute atomic E-state index is 0.0144. The van der Waals surface area contributed by atoms with Gasteiger partial charge in [-0.05, 0) is 61.4 Å². The molecule has 1 aliphatic heterocycles. The summed E-state index contributed by atoms with van der Waals surface area (Å²) in [6.07, 6.45) is 3.75. The van der Waals surface area contributed by atoms with Gasteiger partial charge in [-0.25, -0.2) is 9.78 Å². The normalized spacial score (nSPS) is 16.0. The molecule has 0 spiro atoms. The van der Waals surface area contributed by atoms with Gasteiger partial charge in [-0.2, -0.15) is 0 Å². The molecule has 1 aliphatic rings. The van der Waals surface area contributed by atoms with Crippen molar-refractivity contribution in [1.29, 1.82) is 0 Å². The van der Waals surface area contributed by atoms with Crippen LogP contribution in [-0.2, 0) is 57.6 Å². The van der Waals surface area contributed by atoms with E-state index in [1.165, 1.54) is 29.6 Å². The number of guanidine groups is 1. The quantitative estimate of drug-likeness (QED) is 0.0229. The Balaban J connectivity index is 1.56. The summed E-state index contributed by atoms with van der Waals surface area (Å²) in [4.78, 5) is 122. The molecule has 1 aromatic heterocycles. The van der Waals surface area contributed by atoms with Gasteiger partial charge in [0, 0.05) is 44.2 Å². The maximum atomic E-state index is 14.5. The molecule has 0 aliphatic carbocycles. The van der Waals surface area contributed by atoms with E-state index < -0.39 is 101 Å². The molecule has 14 N–H and O–H groups in total. The first-order valence-corrected chi connectivity index (χ1v) is 23.6. The predicted octanol–water partition coefficient (Wildman–Crippen LogP) is -1.29. The Labute approximate surface area is 412 Å². The lowest BCUT2D eigenvalue weighted by Gasteiger charge is -2.42. The van der Waals surface area contributed by atoms with Gasteiger partial charge < -0.3 is 68.8 Å². The Kier molecular flexibility index (Phi) is 21.8. The number of hydrogen-bond donors (Lipinski definition) is 12. The number of likely N-dealkylation sites (N-methyl/N-ethyl adjacent to an activating group) is 1. The Hall–Kier alpha value is -7.56. The summed E-state index contributed by atoms with van der Waals surface area (Å²) >= 11 is 0. The predicted molar refractivity (Wildman–Crippen MR) is 262 cm³/mol. The van der Waals surface area contributed by atoms with Crippen LogP contribution in [0.5, 0.6) is 5.75 Å². The van der Waals surface area contributed by atoms with E-state index in [1.807, 2.05) is 0 Å². The van der Waals surface area contributed by atoms with E-state index >= 15 is 0 Å². The van der Waals surface area contributed by atoms with Gasteiger partial charge >= 0.3 is 5.97 Å². The average molecular weight is 988 g/mol. The molecule has 1 fully saturated rings. The number of phenolic OH excluding ortho intramolecular Hbond substituents is 1. The van der Waals surface area contributed by atoms with Gasteiger partial charge in [0.1, 0.15) is 48.0 Å². The minimum atomic E-state index is -1.35. The van der Waals surface area contributed by atoms with Crippen LogP contribution >= 0.6 is 0 Å². The number of nitrogens with zero attached hydrogens (tertiary/aromatic N) is 3. The fourth-order valence-corrected chi connectivity index (χ4v) is 7.78. The molecule has 4 rings (SSSR count). The zero-order valence-electron chi connectivity index (χ0n) is 40.8. The van der Waals surface area contributed by atoms with Crippen molar-refractivity contribution in [3.8, 4) is 5.75 Å². The van der Waals surface area contributed by atoms with E-state index in [0.29, 0.717) is 29.7 Å². The van der Waals surface area contributed by atoms with Gasteiger partial charge in [0.15, 0.2) is 5.96 Å². The first-order valence-electron chi connectivity index (χ1n) is 23.6. The van der Waals surface area contributed by atoms with E-state index in [-0.39, 0.29) is 63.4 Å². The van der Waals surface area contributed by atoms with Crippen molar-refractivity contribution in [3.63, 3.8) is 0 Å². The van der Waals surface area contributed by atoms with Crippen molar-refractivity contribution >= 4 is 53.3 Å². The number of nitrogens with one attached hydrogen (secondary N) is 8. The number of aromatic hydroxyl groups is 1. The number of carboxylic acid groups (broad SMARTS) is 1. The zero-order valence-corrected chi connectivity index (χ0v) is 40.8. The largest absolute Gasteiger partial charge is 0.508 e. The molecule has 2 heterocycles. The van der Waals surface area contributed by atoms with Crippen LogP contribution in [0, 0.1) is 11.8 Å². The molecule has 386 valence electrons. The number of aromatic amines is 1. The number of H-pyrrole nitrogens is 1. The van der Waals surface area contributed by atoms with Gasteiger partial charge in [0.25, 0.3) is 0 Å². The molecule has 0 saturated carbocycles. The van der Waals surface area contributed by atoms with E-state index in [2.05, 4.69) is 52.2 Å². The van der Waals surface area contributed by atoms with Gasteiger partial charge in [-0.1, -0.05) is 76.6 Å². The number of carbonyl (C=O) groups is 8. The number of imidazole rings is 1. The lowest BCUT2D eigenvalue weighted by Crippen LogP contribution is -2.65. The molecule has 23 nitrogen and oxygen atoms in total. The van der Waals surface area contributed by atoms with Crippen LogP contribution in [0.2, 0.25) is 0 Å². The highest BCUT2D eigenvalue weighted by Crippen LogP contribution is 2.21. The topological polar surface area (TPSA) is 358 Å². The summed E-state index contributed by atoms with van der Waals surface area (Å²) in [5, 5.41) is 38.9. The van der Waals surface area contributed by atoms with Gasteiger partial charge in [0.05, 0.1) is 12.9 Å². The van der Waals surface area contributed by atoms with Crippen LogP contribution in [0.15, 0.2) is 72.1 Å². The number of hydrogen-bond acceptors (Lipinski definition) is 12. The number of aliphatic imine (C=N–C) groups is 1. The summed E-state index contributed by atoms with van der Waals surface area (Å²) in [6, 6.07) is 6.24. The molecule has 71 heavy (non-hydrogen) atoms. The van der Waals surface area contributed by atoms with Gasteiger partial charge in [-0.3, -0.25) is 38.6 Å². The SMILES string of the molecule is CCC(C)[C@H](NC(=O)[C@H](Cc1ccc(O)cc1)NC(=O)[C@@H](NC(=O)[C@H](CCCN=C(N)N)NC(=O)CNC)C(C)C)C(=O)N[C@@H](Cc1cnc[nH]1)C(=O)N1CC[C@H]1C(=O)N[C@@H](Cc1ccccc1)C(=O)O. The molecule has 2 aromatic carbocycles. The Morgan fingerprint density at radius 2 is 1.39 bits per heavy atom. The summed E-state index contributed by atoms with van der Waals surface area (Å²) in [6.45, 7) is 7.14. The van der Waals surface area contributed by atoms with Crippen LogP contribution in [0.3, 0.4) is 0 Å². The summed E-state index contributed by atoms with van der Waals surface area (Å²) in [5.74, 6) is -7.18. The third kappa shape index (κ3) is 17.4. The molecule has 1 saturated heterocycles. The van der Waals surface area contributed by atoms with E-state index in [1.54, 1.807) is 77.2 Å². The second-order valence-electron chi connectivity index (χ2n) is 17.9. The van der Waals surface area contributed by atoms with Crippen LogP contribution in [0.25, 0.3) is 0 Å². The summed E-state index contributed by atoms with van der Waals surface area (Å²) in [7, 11) is 1.57. The highest BCUT2D eigenvalue weighted by Gasteiger charge is 2.43. The molecule has 0 radical (unpaired) electrons. The minimum Gasteiger partial charge on any atom is -0.508 e. The molecular weight excluding hydrogens is 919 g/mol. The summed E-state index contributed by atoms with van der Waals surface area (Å²) in [5.41, 5.74) is 12.6. The first-order chi connectivity index (χ1) is 33.8. The number of aromatic nitrogens is 2. The van der Waals surface area contributed by atoms with E-state index in [4.69, 9.17) is 11.5 Å². The molecule has 7 amide bonds. The lowest BCUT2D eigenvalue weighted by molar-refractivity contribution is -0.151. The Morgan fingerprint density at radius 3 is 1.97 bits per heavy atom. The lowest BCUT2D eigenvalue weighted by atomic mass is 9.95. The average Bonchev–Trinajstić information content (AvgIpc) is 3.83. The summed E-state index contributed by atoms with van der Waals surface area (Å²) < 4.78 is 0. The highest BCUT2D eigenvalue weighted by molar-refractivity contribution is 5.98. The molecule has 3 aromatic rings. The van der Waals surface area contributed by atoms with E-state index in [0.717, 1.165) is 0 Å². The van der Waals surface area contributed by atoms with Crippen LogP contribution < -0.4 is 48.7 Å². The maximum Gasteiger partial charge on any atom is 0.326 e. The highest BCUT2D eigenvalue weighted by atomic mass is 16.4. The fourth-order valence-electron chi connectivity index (χ4n) is 7.78. The zero-order chi connectivity index (χ0) is 52.2. The van der Waals surface area contributed by atoms with Crippen molar-refractivity contribution in [3.05, 3.63) is 83.9 Å². The third-order valence-corrected chi connectivity index (χ3v) is 12.1. The molecular formula is C48H69N13O10. The number of carbonyl (C=O) groups excluding carboxylic acids is 7. The third-order valence-electron chi connectivity index (χ3n) is 12.1. The standard InChI is InChI=1S/C48H69N13O10/c1-6-28(4)40(45(68)57-35(23-31-24-52-26-54-31)46(69)61-20-18-37(61)43(66)58-36(47(70)71)22-29-11-8-7-9-12-29)60-42(65)34(21-30-14-16-32(62)17-15-30)56-44(67)39(27(2)3)59-41(64)33(55-38(63)25-51-5)13-10-19-53-48(49)50/h7-9,11-12,14-17,24,26-28,33-37,39-40,51,62H,6,10,13,18-23,25H2,1-5H3,(H,52,54)(H,55,63)(H,56,67)(H,57,68)(H,58,66)(H,59,64)(H,60,65)(H,70,71)(H4,49,50,53)/t28?,33-,34-,35-,36-,37-,39-,40-/m0/s1. The van der Waals surface area contributed by atoms with Crippen LogP contribution in [0.4, 0.5) is 0 Å². The first kappa shape index (κ1) is 56.0. The Bertz CT molecular complexity index is 2290. The van der Waals surface area contributed by atoms with Crippen molar-refractivity contribution < 1.29 is 48.6 Å². The van der Waals surface area contributed by atoms with Crippen molar-refractivity contribution in [2.75, 3.05) is 26.7 Å². The van der Waals surface area contributed by atoms with Crippen molar-refractivity contribution in [1.82, 2.24) is 52.1 Å². The van der Waals surface area contributed by atoms with Gasteiger partial charge in [0.2, 0.25) is 41.4 Å². The number of nitrogens with two attached hydrogens (primary N) is 2. The second kappa shape index (κ2) is 27.6. The number of amides is 7. The smallest absolute Gasteiger partial charge is 0.326 e. The molecule has 1 unspecified atom stereocenters. The second-order valence-corrected chi connectivity index (χ2v) is 17.9. The number of phenols is 1. The monoisotopic (exact) mass is 988 g/mol. The van der Waals surface area contributed by atoms with Crippen LogP contribution in [-0.4, -0.2) is 147 Å². The fraction of sp³-hybridized carbons (Fsp3) is 0.500. The molecule has 8 atom stereocenters. The maximum absolute atomic E-state index is 14.5. The number of likely N-dealkylation sites (tertiary alicyclic amines) is 1. The number of carboxylic acids is 1. The van der Waals surface area contributed by atoms with Crippen molar-refractivity contribution in [2.45, 2.75) is 115 Å². The van der Waals surface area contributed by atoms with Crippen molar-refractivity contribution in [2.24, 2.45) is 28.3 Å². The number of benzene rings is 2. The molecule has 23 heteroatoms. The number of aliphatic carboxylic acids is 1. The molecule has 0 bridgehead atoms. The Morgan fingerprint density at radius 1 is 0.775 bits per heavy atom. The van der Waals surface area contributed by atoms with Crippen LogP contribution in [0.1, 0.15) is 70.2 Å². The van der Waals surface area contributed by atoms with Gasteiger partial charge in [-0.15, -0.1) is 0 Å². The number of rotatable bonds is 28.